The van der Waals surface area contributed by atoms with E-state index in [9.17, 15) is 0 Å². The molecule has 0 saturated carbocycles. The highest BCUT2D eigenvalue weighted by Crippen LogP contribution is 2.28. The van der Waals surface area contributed by atoms with Crippen molar-refractivity contribution in [2.75, 3.05) is 0 Å². The maximum atomic E-state index is 6.11. The highest BCUT2D eigenvalue weighted by atomic mass is 14.9. The van der Waals surface area contributed by atoms with Crippen molar-refractivity contribution in [2.45, 2.75) is 52.1 Å². The standard InChI is InChI=1S/C13H22N2/c1-3-10(2)7-15-8-11-5-4-6-13(14)12(11)9-15/h8-10,13H,3-7,14H2,1-2H3. The van der Waals surface area contributed by atoms with Gasteiger partial charge in [0.1, 0.15) is 0 Å². The van der Waals surface area contributed by atoms with E-state index in [-0.39, 0.29) is 6.04 Å². The summed E-state index contributed by atoms with van der Waals surface area (Å²) in [5.41, 5.74) is 8.99. The van der Waals surface area contributed by atoms with Gasteiger partial charge in [-0.15, -0.1) is 0 Å². The maximum absolute atomic E-state index is 6.11. The Morgan fingerprint density at radius 2 is 2.33 bits per heavy atom. The summed E-state index contributed by atoms with van der Waals surface area (Å²) < 4.78 is 2.34. The Morgan fingerprint density at radius 3 is 3.00 bits per heavy atom. The lowest BCUT2D eigenvalue weighted by Crippen LogP contribution is -2.15. The van der Waals surface area contributed by atoms with E-state index < -0.39 is 0 Å². The fourth-order valence-corrected chi connectivity index (χ4v) is 2.38. The Labute approximate surface area is 92.5 Å². The molecule has 15 heavy (non-hydrogen) atoms. The zero-order chi connectivity index (χ0) is 10.8. The van der Waals surface area contributed by atoms with Crippen molar-refractivity contribution in [3.63, 3.8) is 0 Å². The summed E-state index contributed by atoms with van der Waals surface area (Å²) in [4.78, 5) is 0. The monoisotopic (exact) mass is 206 g/mol. The minimum atomic E-state index is 0.284. The van der Waals surface area contributed by atoms with Gasteiger partial charge in [-0.3, -0.25) is 0 Å². The van der Waals surface area contributed by atoms with E-state index in [1.54, 1.807) is 0 Å². The van der Waals surface area contributed by atoms with E-state index in [0.717, 1.165) is 18.9 Å². The molecular weight excluding hydrogens is 184 g/mol. The van der Waals surface area contributed by atoms with Gasteiger partial charge >= 0.3 is 0 Å². The minimum Gasteiger partial charge on any atom is -0.353 e. The lowest BCUT2D eigenvalue weighted by atomic mass is 9.92. The highest BCUT2D eigenvalue weighted by molar-refractivity contribution is 5.29. The molecule has 0 aromatic carbocycles. The number of fused-ring (bicyclic) bond motifs is 1. The third-order valence-corrected chi connectivity index (χ3v) is 3.58. The van der Waals surface area contributed by atoms with Gasteiger partial charge in [-0.2, -0.15) is 0 Å². The van der Waals surface area contributed by atoms with Gasteiger partial charge in [0, 0.05) is 25.0 Å². The lowest BCUT2D eigenvalue weighted by molar-refractivity contribution is 0.469. The molecule has 0 saturated heterocycles. The largest absolute Gasteiger partial charge is 0.353 e. The normalized spacial score (nSPS) is 22.5. The molecule has 1 aromatic rings. The van der Waals surface area contributed by atoms with Gasteiger partial charge in [0.2, 0.25) is 0 Å². The summed E-state index contributed by atoms with van der Waals surface area (Å²) in [5.74, 6) is 0.759. The van der Waals surface area contributed by atoms with Crippen LogP contribution in [0.3, 0.4) is 0 Å². The summed E-state index contributed by atoms with van der Waals surface area (Å²) in [6, 6.07) is 0.284. The summed E-state index contributed by atoms with van der Waals surface area (Å²) >= 11 is 0. The first-order valence-corrected chi connectivity index (χ1v) is 6.14. The van der Waals surface area contributed by atoms with Gasteiger partial charge in [-0.25, -0.2) is 0 Å². The fourth-order valence-electron chi connectivity index (χ4n) is 2.38. The zero-order valence-corrected chi connectivity index (χ0v) is 9.87. The Hall–Kier alpha value is -0.760. The first kappa shape index (κ1) is 10.7. The predicted octanol–water partition coefficient (Wildman–Crippen LogP) is 2.87. The van der Waals surface area contributed by atoms with Crippen LogP contribution in [-0.2, 0) is 13.0 Å². The van der Waals surface area contributed by atoms with Gasteiger partial charge in [0.05, 0.1) is 0 Å². The number of nitrogens with zero attached hydrogens (tertiary/aromatic N) is 1. The Balaban J connectivity index is 2.14. The second-order valence-corrected chi connectivity index (χ2v) is 4.95. The molecule has 0 bridgehead atoms. The van der Waals surface area contributed by atoms with Gasteiger partial charge < -0.3 is 10.3 Å². The van der Waals surface area contributed by atoms with E-state index in [0.29, 0.717) is 0 Å². The SMILES string of the molecule is CCC(C)Cn1cc2c(c1)C(N)CCC2. The summed E-state index contributed by atoms with van der Waals surface area (Å²) in [5, 5.41) is 0. The minimum absolute atomic E-state index is 0.284. The first-order chi connectivity index (χ1) is 7.20. The molecule has 0 radical (unpaired) electrons. The Kier molecular flexibility index (Phi) is 3.15. The molecule has 1 heterocycles. The predicted molar refractivity (Wildman–Crippen MR) is 63.8 cm³/mol. The van der Waals surface area contributed by atoms with Crippen LogP contribution >= 0.6 is 0 Å². The van der Waals surface area contributed by atoms with Crippen LogP contribution in [0.15, 0.2) is 12.4 Å². The zero-order valence-electron chi connectivity index (χ0n) is 9.87. The molecule has 0 fully saturated rings. The van der Waals surface area contributed by atoms with Crippen LogP contribution in [0, 0.1) is 5.92 Å². The van der Waals surface area contributed by atoms with Crippen LogP contribution in [-0.4, -0.2) is 4.57 Å². The third kappa shape index (κ3) is 2.25. The smallest absolute Gasteiger partial charge is 0.0312 e. The molecule has 2 rings (SSSR count). The van der Waals surface area contributed by atoms with Gasteiger partial charge in [0.15, 0.2) is 0 Å². The molecule has 1 aliphatic carbocycles. The second-order valence-electron chi connectivity index (χ2n) is 4.95. The molecule has 2 unspecified atom stereocenters. The first-order valence-electron chi connectivity index (χ1n) is 6.14. The topological polar surface area (TPSA) is 30.9 Å². The van der Waals surface area contributed by atoms with Crippen LogP contribution in [0.25, 0.3) is 0 Å². The fraction of sp³-hybridized carbons (Fsp3) is 0.692. The second kappa shape index (κ2) is 4.40. The number of nitrogens with two attached hydrogens (primary N) is 1. The molecule has 2 nitrogen and oxygen atoms in total. The molecule has 0 amide bonds. The maximum Gasteiger partial charge on any atom is 0.0312 e. The molecule has 1 aromatic heterocycles. The van der Waals surface area contributed by atoms with Crippen LogP contribution in [0.5, 0.6) is 0 Å². The molecule has 1 aliphatic rings. The molecule has 0 aliphatic heterocycles. The Bertz CT molecular complexity index is 327. The van der Waals surface area contributed by atoms with Gasteiger partial charge in [0.25, 0.3) is 0 Å². The van der Waals surface area contributed by atoms with Crippen molar-refractivity contribution in [1.82, 2.24) is 4.57 Å². The van der Waals surface area contributed by atoms with E-state index in [4.69, 9.17) is 5.73 Å². The van der Waals surface area contributed by atoms with Crippen LogP contribution in [0.4, 0.5) is 0 Å². The number of aryl methyl sites for hydroxylation is 1. The van der Waals surface area contributed by atoms with Crippen LogP contribution < -0.4 is 5.73 Å². The van der Waals surface area contributed by atoms with E-state index in [1.165, 1.54) is 30.4 Å². The molecule has 2 N–H and O–H groups in total. The van der Waals surface area contributed by atoms with E-state index >= 15 is 0 Å². The summed E-state index contributed by atoms with van der Waals surface area (Å²) in [6.07, 6.45) is 9.44. The molecule has 0 spiro atoms. The average Bonchev–Trinajstić information content (AvgIpc) is 2.62. The van der Waals surface area contributed by atoms with Crippen molar-refractivity contribution in [1.29, 1.82) is 0 Å². The molecular formula is C13H22N2. The van der Waals surface area contributed by atoms with E-state index in [2.05, 4.69) is 30.8 Å². The quantitative estimate of drug-likeness (QED) is 0.810. The summed E-state index contributed by atoms with van der Waals surface area (Å²) in [6.45, 7) is 5.69. The van der Waals surface area contributed by atoms with Crippen molar-refractivity contribution in [3.8, 4) is 0 Å². The van der Waals surface area contributed by atoms with Crippen LogP contribution in [0.2, 0.25) is 0 Å². The summed E-state index contributed by atoms with van der Waals surface area (Å²) in [7, 11) is 0. The molecule has 84 valence electrons. The average molecular weight is 206 g/mol. The van der Waals surface area contributed by atoms with Crippen LogP contribution in [0.1, 0.15) is 50.3 Å². The van der Waals surface area contributed by atoms with Crippen molar-refractivity contribution < 1.29 is 0 Å². The Morgan fingerprint density at radius 1 is 1.53 bits per heavy atom. The van der Waals surface area contributed by atoms with Crippen molar-refractivity contribution in [2.24, 2.45) is 11.7 Å². The highest BCUT2D eigenvalue weighted by Gasteiger charge is 2.18. The van der Waals surface area contributed by atoms with Gasteiger partial charge in [-0.1, -0.05) is 20.3 Å². The van der Waals surface area contributed by atoms with Crippen molar-refractivity contribution in [3.05, 3.63) is 23.5 Å². The number of hydrogen-bond donors (Lipinski definition) is 1. The number of rotatable bonds is 3. The number of hydrogen-bond acceptors (Lipinski definition) is 1. The number of aromatic nitrogens is 1. The molecule has 2 heteroatoms. The third-order valence-electron chi connectivity index (χ3n) is 3.58. The van der Waals surface area contributed by atoms with Gasteiger partial charge in [-0.05, 0) is 36.3 Å². The van der Waals surface area contributed by atoms with E-state index in [1.807, 2.05) is 0 Å². The molecule has 2 atom stereocenters. The van der Waals surface area contributed by atoms with Crippen molar-refractivity contribution >= 4 is 0 Å². The lowest BCUT2D eigenvalue weighted by Gasteiger charge is -2.17.